The van der Waals surface area contributed by atoms with Gasteiger partial charge in [0.1, 0.15) is 11.5 Å². The highest BCUT2D eigenvalue weighted by Crippen LogP contribution is 2.37. The van der Waals surface area contributed by atoms with Gasteiger partial charge in [0.05, 0.1) is 18.8 Å². The van der Waals surface area contributed by atoms with Crippen LogP contribution in [0.5, 0.6) is 11.5 Å². The van der Waals surface area contributed by atoms with Gasteiger partial charge in [-0.15, -0.1) is 0 Å². The first-order chi connectivity index (χ1) is 14.8. The van der Waals surface area contributed by atoms with Crippen LogP contribution in [0.4, 0.5) is 0 Å². The molecule has 5 N–H and O–H groups in total. The minimum Gasteiger partial charge on any atom is -0.457 e. The van der Waals surface area contributed by atoms with Gasteiger partial charge >= 0.3 is 7.82 Å². The number of hydrogen-bond donors (Lipinski definition) is 4. The summed E-state index contributed by atoms with van der Waals surface area (Å²) in [5.41, 5.74) is 7.96. The molecule has 0 fully saturated rings. The van der Waals surface area contributed by atoms with E-state index < -0.39 is 26.6 Å². The molecule has 31 heavy (non-hydrogen) atoms. The number of phosphoric acid groups is 1. The maximum atomic E-state index is 10.9. The van der Waals surface area contributed by atoms with Crippen LogP contribution in [0.2, 0.25) is 0 Å². The van der Waals surface area contributed by atoms with Gasteiger partial charge in [0.25, 0.3) is 0 Å². The first-order valence-electron chi connectivity index (χ1n) is 9.78. The fraction of sp³-hybridized carbons (Fsp3) is 0.217. The highest BCUT2D eigenvalue weighted by Gasteiger charge is 2.28. The molecule has 1 atom stereocenters. The molecule has 0 aliphatic rings. The minimum absolute atomic E-state index is 0.296. The molecule has 1 unspecified atom stereocenters. The van der Waals surface area contributed by atoms with Gasteiger partial charge in [0.2, 0.25) is 0 Å². The number of phosphoric ester groups is 1. The second-order valence-corrected chi connectivity index (χ2v) is 8.66. The van der Waals surface area contributed by atoms with Crippen LogP contribution in [0.25, 0.3) is 11.1 Å². The van der Waals surface area contributed by atoms with Crippen LogP contribution < -0.4 is 10.5 Å². The fourth-order valence-corrected chi connectivity index (χ4v) is 3.43. The highest BCUT2D eigenvalue weighted by atomic mass is 31.2. The standard InChI is InChI=1S/C23H26NO6P/c24-23(16-25,17-29-31(26,27)28)15-14-18-6-10-21(11-7-18)30-22-12-8-20(9-13-22)19-4-2-1-3-5-19/h1-13,25H,14-17,24H2,(H2,26,27,28). The average molecular weight is 443 g/mol. The van der Waals surface area contributed by atoms with E-state index in [0.717, 1.165) is 22.4 Å². The summed E-state index contributed by atoms with van der Waals surface area (Å²) in [5, 5.41) is 9.48. The maximum absolute atomic E-state index is 10.9. The van der Waals surface area contributed by atoms with Crippen molar-refractivity contribution < 1.29 is 28.7 Å². The van der Waals surface area contributed by atoms with Gasteiger partial charge in [-0.1, -0.05) is 54.6 Å². The monoisotopic (exact) mass is 443 g/mol. The average Bonchev–Trinajstić information content (AvgIpc) is 2.78. The Morgan fingerprint density at radius 3 is 1.94 bits per heavy atom. The normalized spacial score (nSPS) is 13.5. The van der Waals surface area contributed by atoms with Crippen LogP contribution in [0.15, 0.2) is 78.9 Å². The van der Waals surface area contributed by atoms with Crippen molar-refractivity contribution in [3.63, 3.8) is 0 Å². The van der Waals surface area contributed by atoms with Crippen molar-refractivity contribution in [2.45, 2.75) is 18.4 Å². The molecule has 3 rings (SSSR count). The van der Waals surface area contributed by atoms with Crippen LogP contribution in [0.1, 0.15) is 12.0 Å². The summed E-state index contributed by atoms with van der Waals surface area (Å²) in [4.78, 5) is 17.6. The number of aryl methyl sites for hydroxylation is 1. The van der Waals surface area contributed by atoms with Crippen molar-refractivity contribution in [3.8, 4) is 22.6 Å². The van der Waals surface area contributed by atoms with Gasteiger partial charge in [-0.3, -0.25) is 4.52 Å². The SMILES string of the molecule is NC(CO)(CCc1ccc(Oc2ccc(-c3ccccc3)cc2)cc1)COP(=O)(O)O. The smallest absolute Gasteiger partial charge is 0.457 e. The van der Waals surface area contributed by atoms with E-state index in [4.69, 9.17) is 20.3 Å². The van der Waals surface area contributed by atoms with Gasteiger partial charge < -0.3 is 25.4 Å². The van der Waals surface area contributed by atoms with Crippen molar-refractivity contribution in [1.29, 1.82) is 0 Å². The number of benzene rings is 3. The minimum atomic E-state index is -4.64. The second kappa shape index (κ2) is 10.2. The molecule has 0 aliphatic heterocycles. The third-order valence-electron chi connectivity index (χ3n) is 4.87. The van der Waals surface area contributed by atoms with E-state index in [2.05, 4.69) is 16.7 Å². The van der Waals surface area contributed by atoms with E-state index in [1.165, 1.54) is 0 Å². The van der Waals surface area contributed by atoms with E-state index in [1.807, 2.05) is 66.7 Å². The predicted molar refractivity (Wildman–Crippen MR) is 119 cm³/mol. The maximum Gasteiger partial charge on any atom is 0.469 e. The van der Waals surface area contributed by atoms with Crippen molar-refractivity contribution in [2.75, 3.05) is 13.2 Å². The summed E-state index contributed by atoms with van der Waals surface area (Å²) in [7, 11) is -4.64. The molecule has 0 amide bonds. The van der Waals surface area contributed by atoms with Crippen LogP contribution in [-0.4, -0.2) is 33.6 Å². The van der Waals surface area contributed by atoms with Gasteiger partial charge in [-0.05, 0) is 53.8 Å². The topological polar surface area (TPSA) is 122 Å². The fourth-order valence-electron chi connectivity index (χ4n) is 3.01. The van der Waals surface area contributed by atoms with Gasteiger partial charge in [-0.2, -0.15) is 0 Å². The van der Waals surface area contributed by atoms with Gasteiger partial charge in [0, 0.05) is 0 Å². The van der Waals surface area contributed by atoms with E-state index in [0.29, 0.717) is 18.6 Å². The number of aliphatic hydroxyl groups excluding tert-OH is 1. The van der Waals surface area contributed by atoms with E-state index in [-0.39, 0.29) is 0 Å². The third kappa shape index (κ3) is 7.29. The molecule has 0 radical (unpaired) electrons. The molecule has 0 aromatic heterocycles. The molecule has 8 heteroatoms. The summed E-state index contributed by atoms with van der Waals surface area (Å²) in [6, 6.07) is 25.4. The number of ether oxygens (including phenoxy) is 1. The lowest BCUT2D eigenvalue weighted by Gasteiger charge is -2.27. The molecule has 0 aliphatic carbocycles. The van der Waals surface area contributed by atoms with E-state index in [1.54, 1.807) is 0 Å². The van der Waals surface area contributed by atoms with E-state index in [9.17, 15) is 9.67 Å². The number of nitrogens with two attached hydrogens (primary N) is 1. The zero-order chi connectivity index (χ0) is 22.3. The lowest BCUT2D eigenvalue weighted by Crippen LogP contribution is -2.48. The van der Waals surface area contributed by atoms with Crippen molar-refractivity contribution >= 4 is 7.82 Å². The van der Waals surface area contributed by atoms with Crippen LogP contribution in [0, 0.1) is 0 Å². The summed E-state index contributed by atoms with van der Waals surface area (Å²) >= 11 is 0. The first-order valence-corrected chi connectivity index (χ1v) is 11.3. The Hall–Kier alpha value is -2.51. The zero-order valence-electron chi connectivity index (χ0n) is 16.9. The summed E-state index contributed by atoms with van der Waals surface area (Å²) in [5.74, 6) is 1.41. The molecule has 0 saturated carbocycles. The number of hydrogen-bond acceptors (Lipinski definition) is 5. The molecule has 0 bridgehead atoms. The van der Waals surface area contributed by atoms with Crippen LogP contribution in [0.3, 0.4) is 0 Å². The largest absolute Gasteiger partial charge is 0.469 e. The third-order valence-corrected chi connectivity index (χ3v) is 5.33. The Labute approximate surface area is 181 Å². The molecule has 3 aromatic carbocycles. The Morgan fingerprint density at radius 2 is 1.39 bits per heavy atom. The van der Waals surface area contributed by atoms with Crippen molar-refractivity contribution in [2.24, 2.45) is 5.73 Å². The summed E-state index contributed by atoms with van der Waals surface area (Å²) in [6.07, 6.45) is 0.804. The molecule has 0 spiro atoms. The molecule has 0 heterocycles. The molecular formula is C23H26NO6P. The van der Waals surface area contributed by atoms with Crippen LogP contribution in [-0.2, 0) is 15.5 Å². The Kier molecular flexibility index (Phi) is 7.62. The van der Waals surface area contributed by atoms with Crippen molar-refractivity contribution in [3.05, 3.63) is 84.4 Å². The Balaban J connectivity index is 1.56. The molecule has 0 saturated heterocycles. The lowest BCUT2D eigenvalue weighted by molar-refractivity contribution is 0.102. The quantitative estimate of drug-likeness (QED) is 0.351. The number of aliphatic hydroxyl groups is 1. The van der Waals surface area contributed by atoms with E-state index >= 15 is 0 Å². The Morgan fingerprint density at radius 1 is 0.839 bits per heavy atom. The molecular weight excluding hydrogens is 417 g/mol. The van der Waals surface area contributed by atoms with Gasteiger partial charge in [0.15, 0.2) is 0 Å². The first kappa shape index (κ1) is 23.2. The molecule has 3 aromatic rings. The predicted octanol–water partition coefficient (Wildman–Crippen LogP) is 3.88. The second-order valence-electron chi connectivity index (χ2n) is 7.42. The van der Waals surface area contributed by atoms with Crippen molar-refractivity contribution in [1.82, 2.24) is 0 Å². The molecule has 164 valence electrons. The Bertz CT molecular complexity index is 1000. The van der Waals surface area contributed by atoms with Gasteiger partial charge in [-0.25, -0.2) is 4.57 Å². The van der Waals surface area contributed by atoms with Crippen LogP contribution >= 0.6 is 7.82 Å². The highest BCUT2D eigenvalue weighted by molar-refractivity contribution is 7.46. The summed E-state index contributed by atoms with van der Waals surface area (Å²) < 4.78 is 21.2. The number of rotatable bonds is 10. The molecule has 7 nitrogen and oxygen atoms in total. The zero-order valence-corrected chi connectivity index (χ0v) is 17.8. The lowest BCUT2D eigenvalue weighted by atomic mass is 9.94. The summed E-state index contributed by atoms with van der Waals surface area (Å²) in [6.45, 7) is -0.888.